The summed E-state index contributed by atoms with van der Waals surface area (Å²) in [5.41, 5.74) is 0.169. The van der Waals surface area contributed by atoms with Crippen molar-refractivity contribution in [2.45, 2.75) is 46.0 Å². The topological polar surface area (TPSA) is 51.2 Å². The number of allylic oxidation sites excluding steroid dienone is 4. The Morgan fingerprint density at radius 3 is 2.64 bits per heavy atom. The molecule has 0 aliphatic heterocycles. The summed E-state index contributed by atoms with van der Waals surface area (Å²) in [4.78, 5) is 36.7. The maximum atomic E-state index is 12.7. The van der Waals surface area contributed by atoms with E-state index in [4.69, 9.17) is 0 Å². The lowest BCUT2D eigenvalue weighted by Crippen LogP contribution is -2.52. The molecule has 3 nitrogen and oxygen atoms in total. The van der Waals surface area contributed by atoms with E-state index in [-0.39, 0.29) is 28.3 Å². The van der Waals surface area contributed by atoms with Crippen LogP contribution in [0, 0.1) is 28.6 Å². The zero-order valence-electron chi connectivity index (χ0n) is 13.2. The van der Waals surface area contributed by atoms with Gasteiger partial charge in [-0.1, -0.05) is 19.9 Å². The van der Waals surface area contributed by atoms with Gasteiger partial charge >= 0.3 is 0 Å². The van der Waals surface area contributed by atoms with Gasteiger partial charge in [0.1, 0.15) is 5.78 Å². The van der Waals surface area contributed by atoms with Crippen LogP contribution >= 0.6 is 0 Å². The van der Waals surface area contributed by atoms with Crippen molar-refractivity contribution in [1.82, 2.24) is 0 Å². The zero-order valence-corrected chi connectivity index (χ0v) is 13.2. The fraction of sp³-hybridized carbons (Fsp3) is 0.632. The number of carbonyl (C=O) groups is 3. The molecule has 3 heteroatoms. The first-order valence-corrected chi connectivity index (χ1v) is 8.38. The molecule has 0 amide bonds. The number of ketones is 3. The summed E-state index contributed by atoms with van der Waals surface area (Å²) in [7, 11) is 0. The molecule has 0 heterocycles. The second-order valence-corrected chi connectivity index (χ2v) is 8.00. The molecule has 0 aromatic heterocycles. The average molecular weight is 298 g/mol. The van der Waals surface area contributed by atoms with Crippen molar-refractivity contribution in [3.8, 4) is 0 Å². The molecule has 0 bridgehead atoms. The Kier molecular flexibility index (Phi) is 2.74. The monoisotopic (exact) mass is 298 g/mol. The van der Waals surface area contributed by atoms with E-state index in [2.05, 4.69) is 13.8 Å². The van der Waals surface area contributed by atoms with Crippen LogP contribution in [-0.2, 0) is 14.4 Å². The highest BCUT2D eigenvalue weighted by Crippen LogP contribution is 2.62. The first-order valence-electron chi connectivity index (χ1n) is 8.38. The van der Waals surface area contributed by atoms with E-state index in [1.165, 1.54) is 0 Å². The SMILES string of the molecule is C[C@]12C=CC(=O)C=C1C(=O)C[C@@H]1[C@H]2CC[C@]2(C)C(=O)CC[C@H]12. The average Bonchev–Trinajstić information content (AvgIpc) is 2.77. The maximum Gasteiger partial charge on any atom is 0.178 e. The van der Waals surface area contributed by atoms with Crippen LogP contribution in [0.5, 0.6) is 0 Å². The van der Waals surface area contributed by atoms with Gasteiger partial charge in [0, 0.05) is 29.2 Å². The van der Waals surface area contributed by atoms with Gasteiger partial charge in [-0.15, -0.1) is 0 Å². The second-order valence-electron chi connectivity index (χ2n) is 8.00. The van der Waals surface area contributed by atoms with E-state index >= 15 is 0 Å². The van der Waals surface area contributed by atoms with Gasteiger partial charge in [-0.2, -0.15) is 0 Å². The number of hydrogen-bond donors (Lipinski definition) is 0. The molecule has 4 aliphatic rings. The molecule has 0 unspecified atom stereocenters. The molecule has 0 radical (unpaired) electrons. The molecule has 0 aromatic rings. The number of hydrogen-bond acceptors (Lipinski definition) is 3. The largest absolute Gasteiger partial charge is 0.299 e. The van der Waals surface area contributed by atoms with Gasteiger partial charge in [0.25, 0.3) is 0 Å². The lowest BCUT2D eigenvalue weighted by molar-refractivity contribution is -0.135. The second kappa shape index (κ2) is 4.27. The molecule has 0 aromatic carbocycles. The molecule has 0 N–H and O–H groups in total. The molecule has 3 fully saturated rings. The van der Waals surface area contributed by atoms with E-state index in [0.29, 0.717) is 36.0 Å². The van der Waals surface area contributed by atoms with Gasteiger partial charge in [0.15, 0.2) is 11.6 Å². The molecular weight excluding hydrogens is 276 g/mol. The summed E-state index contributed by atoms with van der Waals surface area (Å²) in [6.45, 7) is 4.22. The Labute approximate surface area is 130 Å². The molecule has 3 saturated carbocycles. The Bertz CT molecular complexity index is 656. The van der Waals surface area contributed by atoms with Crippen molar-refractivity contribution in [2.24, 2.45) is 28.6 Å². The van der Waals surface area contributed by atoms with Crippen LogP contribution in [0.3, 0.4) is 0 Å². The fourth-order valence-corrected chi connectivity index (χ4v) is 5.81. The van der Waals surface area contributed by atoms with Crippen molar-refractivity contribution in [2.75, 3.05) is 0 Å². The number of carbonyl (C=O) groups excluding carboxylic acids is 3. The van der Waals surface area contributed by atoms with Gasteiger partial charge < -0.3 is 0 Å². The highest BCUT2D eigenvalue weighted by Gasteiger charge is 2.60. The Balaban J connectivity index is 1.78. The number of Topliss-reactive ketones (excluding diaryl/α,β-unsaturated/α-hetero) is 2. The molecular formula is C19H22O3. The minimum absolute atomic E-state index is 0.0732. The normalized spacial score (nSPS) is 46.9. The van der Waals surface area contributed by atoms with E-state index in [0.717, 1.165) is 19.3 Å². The number of rotatable bonds is 0. The standard InChI is InChI=1S/C19H22O3/c1-18-7-5-11(20)9-15(18)16(21)10-12-13-3-4-17(22)19(13,2)8-6-14(12)18/h5,7,9,12-14H,3-4,6,8,10H2,1-2H3/t12-,13+,14+,18+,19-/m0/s1. The predicted octanol–water partition coefficient (Wildman–Crippen LogP) is 3.04. The van der Waals surface area contributed by atoms with Gasteiger partial charge in [-0.25, -0.2) is 0 Å². The summed E-state index contributed by atoms with van der Waals surface area (Å²) in [5.74, 6) is 1.44. The minimum Gasteiger partial charge on any atom is -0.299 e. The highest BCUT2D eigenvalue weighted by atomic mass is 16.1. The third kappa shape index (κ3) is 1.60. The molecule has 116 valence electrons. The molecule has 0 spiro atoms. The van der Waals surface area contributed by atoms with Crippen molar-refractivity contribution in [3.05, 3.63) is 23.8 Å². The molecule has 22 heavy (non-hydrogen) atoms. The van der Waals surface area contributed by atoms with E-state index in [1.807, 2.05) is 6.08 Å². The van der Waals surface area contributed by atoms with Crippen molar-refractivity contribution < 1.29 is 14.4 Å². The van der Waals surface area contributed by atoms with Crippen LogP contribution in [0.2, 0.25) is 0 Å². The van der Waals surface area contributed by atoms with Gasteiger partial charge in [0.2, 0.25) is 0 Å². The quantitative estimate of drug-likeness (QED) is 0.690. The summed E-state index contributed by atoms with van der Waals surface area (Å²) in [5, 5.41) is 0. The minimum atomic E-state index is -0.319. The van der Waals surface area contributed by atoms with Gasteiger partial charge in [-0.3, -0.25) is 14.4 Å². The van der Waals surface area contributed by atoms with Crippen LogP contribution in [0.1, 0.15) is 46.0 Å². The Hall–Kier alpha value is -1.51. The fourth-order valence-electron chi connectivity index (χ4n) is 5.81. The summed E-state index contributed by atoms with van der Waals surface area (Å²) < 4.78 is 0. The molecule has 0 saturated heterocycles. The van der Waals surface area contributed by atoms with Crippen molar-refractivity contribution in [3.63, 3.8) is 0 Å². The zero-order chi connectivity index (χ0) is 15.7. The van der Waals surface area contributed by atoms with E-state index < -0.39 is 0 Å². The highest BCUT2D eigenvalue weighted by molar-refractivity contribution is 6.10. The van der Waals surface area contributed by atoms with Crippen LogP contribution in [0.25, 0.3) is 0 Å². The van der Waals surface area contributed by atoms with Crippen LogP contribution in [0.15, 0.2) is 23.8 Å². The predicted molar refractivity (Wildman–Crippen MR) is 82.0 cm³/mol. The molecule has 4 aliphatic carbocycles. The lowest BCUT2D eigenvalue weighted by Gasteiger charge is -2.54. The van der Waals surface area contributed by atoms with Crippen molar-refractivity contribution in [1.29, 1.82) is 0 Å². The molecule has 5 atom stereocenters. The summed E-state index contributed by atoms with van der Waals surface area (Å²) in [6.07, 6.45) is 9.14. The first-order chi connectivity index (χ1) is 10.4. The first kappa shape index (κ1) is 14.1. The smallest absolute Gasteiger partial charge is 0.178 e. The Morgan fingerprint density at radius 1 is 1.09 bits per heavy atom. The molecule has 4 rings (SSSR count). The summed E-state index contributed by atoms with van der Waals surface area (Å²) in [6, 6.07) is 0. The number of fused-ring (bicyclic) bond motifs is 5. The maximum absolute atomic E-state index is 12.7. The van der Waals surface area contributed by atoms with Crippen LogP contribution < -0.4 is 0 Å². The summed E-state index contributed by atoms with van der Waals surface area (Å²) >= 11 is 0. The van der Waals surface area contributed by atoms with Gasteiger partial charge in [0.05, 0.1) is 0 Å². The van der Waals surface area contributed by atoms with Crippen molar-refractivity contribution >= 4 is 17.3 Å². The van der Waals surface area contributed by atoms with Gasteiger partial charge in [-0.05, 0) is 49.2 Å². The van der Waals surface area contributed by atoms with E-state index in [9.17, 15) is 14.4 Å². The third-order valence-electron chi connectivity index (χ3n) is 7.10. The van der Waals surface area contributed by atoms with Crippen LogP contribution in [0.4, 0.5) is 0 Å². The van der Waals surface area contributed by atoms with E-state index in [1.54, 1.807) is 12.2 Å². The lowest BCUT2D eigenvalue weighted by atomic mass is 9.48. The third-order valence-corrected chi connectivity index (χ3v) is 7.10. The van der Waals surface area contributed by atoms with Crippen LogP contribution in [-0.4, -0.2) is 17.3 Å². The Morgan fingerprint density at radius 2 is 1.86 bits per heavy atom.